The summed E-state index contributed by atoms with van der Waals surface area (Å²) in [5.41, 5.74) is 1.62. The highest BCUT2D eigenvalue weighted by Crippen LogP contribution is 2.65. The lowest BCUT2D eigenvalue weighted by Gasteiger charge is -2.57. The molecule has 0 saturated heterocycles. The van der Waals surface area contributed by atoms with Crippen molar-refractivity contribution in [3.63, 3.8) is 0 Å². The maximum atomic E-state index is 12.8. The first-order valence-electron chi connectivity index (χ1n) is 11.3. The van der Waals surface area contributed by atoms with E-state index in [-0.39, 0.29) is 40.6 Å². The maximum absolute atomic E-state index is 12.8. The van der Waals surface area contributed by atoms with Gasteiger partial charge in [0.05, 0.1) is 0 Å². The second-order valence-corrected chi connectivity index (χ2v) is 10.6. The Morgan fingerprint density at radius 2 is 1.73 bits per heavy atom. The molecule has 30 heavy (non-hydrogen) atoms. The van der Waals surface area contributed by atoms with E-state index in [1.165, 1.54) is 19.4 Å². The van der Waals surface area contributed by atoms with Crippen LogP contribution in [0.2, 0.25) is 0 Å². The van der Waals surface area contributed by atoms with Crippen LogP contribution >= 0.6 is 0 Å². The van der Waals surface area contributed by atoms with Gasteiger partial charge in [-0.1, -0.05) is 24.6 Å². The first-order chi connectivity index (χ1) is 14.0. The van der Waals surface area contributed by atoms with E-state index in [4.69, 9.17) is 9.47 Å². The highest BCUT2D eigenvalue weighted by atomic mass is 16.5. The Balaban J connectivity index is 1.76. The van der Waals surface area contributed by atoms with Crippen molar-refractivity contribution in [2.24, 2.45) is 28.1 Å². The summed E-state index contributed by atoms with van der Waals surface area (Å²) < 4.78 is 11.4. The summed E-state index contributed by atoms with van der Waals surface area (Å²) in [5, 5.41) is 0. The van der Waals surface area contributed by atoms with Gasteiger partial charge in [0.15, 0.2) is 0 Å². The minimum absolute atomic E-state index is 0.0407. The van der Waals surface area contributed by atoms with Crippen molar-refractivity contribution >= 4 is 17.7 Å². The van der Waals surface area contributed by atoms with Gasteiger partial charge in [-0.15, -0.1) is 0 Å². The fourth-order valence-corrected chi connectivity index (χ4v) is 7.12. The van der Waals surface area contributed by atoms with Crippen LogP contribution in [0.1, 0.15) is 73.1 Å². The van der Waals surface area contributed by atoms with Gasteiger partial charge in [0, 0.05) is 36.5 Å². The van der Waals surface area contributed by atoms with Crippen molar-refractivity contribution in [2.75, 3.05) is 6.61 Å². The Hall–Kier alpha value is -1.91. The molecule has 5 nitrogen and oxygen atoms in total. The summed E-state index contributed by atoms with van der Waals surface area (Å²) in [6, 6.07) is 0. The molecule has 164 valence electrons. The van der Waals surface area contributed by atoms with Gasteiger partial charge in [-0.2, -0.15) is 0 Å². The minimum atomic E-state index is -0.545. The number of allylic oxidation sites excluding steroid dienone is 3. The molecule has 0 heterocycles. The predicted octanol–water partition coefficient (Wildman–Crippen LogP) is 4.55. The number of hydrogen-bond donors (Lipinski definition) is 0. The van der Waals surface area contributed by atoms with Crippen molar-refractivity contribution in [3.05, 3.63) is 23.3 Å². The molecule has 3 saturated carbocycles. The fraction of sp³-hybridized carbons (Fsp3) is 0.720. The minimum Gasteiger partial charge on any atom is -0.465 e. The van der Waals surface area contributed by atoms with E-state index in [0.29, 0.717) is 18.9 Å². The van der Waals surface area contributed by atoms with Gasteiger partial charge in [0.2, 0.25) is 0 Å². The van der Waals surface area contributed by atoms with Crippen molar-refractivity contribution in [3.8, 4) is 0 Å². The summed E-state index contributed by atoms with van der Waals surface area (Å²) in [4.78, 5) is 36.2. The monoisotopic (exact) mass is 414 g/mol. The fourth-order valence-electron chi connectivity index (χ4n) is 7.12. The normalized spacial score (nSPS) is 39.1. The van der Waals surface area contributed by atoms with E-state index in [9.17, 15) is 14.4 Å². The SMILES string of the molecule is CC(=O)OC[C@]12CCC(=O)C(C)(C)C1=CC=C1[C@@H]2CC[C@]2(C)C(OC(C)=O)CC[C@@H]12. The topological polar surface area (TPSA) is 69.7 Å². The Kier molecular flexibility index (Phi) is 5.02. The molecule has 4 rings (SSSR count). The summed E-state index contributed by atoms with van der Waals surface area (Å²) in [5.74, 6) is 0.404. The van der Waals surface area contributed by atoms with Crippen molar-refractivity contribution in [1.29, 1.82) is 0 Å². The average Bonchev–Trinajstić information content (AvgIpc) is 2.99. The molecule has 0 aliphatic heterocycles. The van der Waals surface area contributed by atoms with Crippen LogP contribution in [0.25, 0.3) is 0 Å². The molecule has 0 amide bonds. The quantitative estimate of drug-likeness (QED) is 0.634. The van der Waals surface area contributed by atoms with Gasteiger partial charge >= 0.3 is 11.9 Å². The Morgan fingerprint density at radius 1 is 1.00 bits per heavy atom. The molecule has 0 aromatic rings. The van der Waals surface area contributed by atoms with E-state index in [0.717, 1.165) is 37.7 Å². The lowest BCUT2D eigenvalue weighted by atomic mass is 9.47. The molecule has 4 aliphatic rings. The third kappa shape index (κ3) is 2.99. The second kappa shape index (κ2) is 7.06. The number of hydrogen-bond acceptors (Lipinski definition) is 5. The second-order valence-electron chi connectivity index (χ2n) is 10.6. The molecule has 4 aliphatic carbocycles. The Morgan fingerprint density at radius 3 is 2.40 bits per heavy atom. The first-order valence-corrected chi connectivity index (χ1v) is 11.3. The van der Waals surface area contributed by atoms with Crippen LogP contribution in [-0.2, 0) is 23.9 Å². The smallest absolute Gasteiger partial charge is 0.302 e. The number of esters is 2. The summed E-state index contributed by atoms with van der Waals surface area (Å²) in [6.07, 6.45) is 9.43. The van der Waals surface area contributed by atoms with E-state index in [1.54, 1.807) is 0 Å². The van der Waals surface area contributed by atoms with E-state index in [2.05, 4.69) is 19.1 Å². The van der Waals surface area contributed by atoms with Crippen LogP contribution in [0.4, 0.5) is 0 Å². The molecule has 0 aromatic carbocycles. The van der Waals surface area contributed by atoms with Crippen LogP contribution in [0, 0.1) is 28.1 Å². The molecule has 3 fully saturated rings. The highest BCUT2D eigenvalue weighted by molar-refractivity contribution is 5.89. The molecular weight excluding hydrogens is 380 g/mol. The molecule has 0 aromatic heterocycles. The standard InChI is InChI=1S/C25H34O5/c1-15(26)29-14-25-13-11-21(28)23(3,4)20(25)8-6-17-18-7-9-22(30-16(2)27)24(18,5)12-10-19(17)25/h6,8,18-19,22H,7,9-14H2,1-5H3/t18-,19-,22?,24-,25-/m0/s1. The molecular formula is C25H34O5. The zero-order valence-corrected chi connectivity index (χ0v) is 18.9. The van der Waals surface area contributed by atoms with Crippen LogP contribution in [0.5, 0.6) is 0 Å². The first kappa shape index (κ1) is 21.3. The molecule has 5 atom stereocenters. The van der Waals surface area contributed by atoms with Gasteiger partial charge in [0.25, 0.3) is 0 Å². The zero-order valence-electron chi connectivity index (χ0n) is 18.9. The van der Waals surface area contributed by atoms with Gasteiger partial charge in [-0.3, -0.25) is 14.4 Å². The third-order valence-electron chi connectivity index (χ3n) is 8.68. The number of Topliss-reactive ketones (excluding diaryl/α,β-unsaturated/α-hetero) is 1. The molecule has 0 N–H and O–H groups in total. The summed E-state index contributed by atoms with van der Waals surface area (Å²) >= 11 is 0. The number of ether oxygens (including phenoxy) is 2. The van der Waals surface area contributed by atoms with E-state index >= 15 is 0 Å². The number of rotatable bonds is 3. The zero-order chi connectivity index (χ0) is 21.9. The average molecular weight is 415 g/mol. The lowest BCUT2D eigenvalue weighted by Crippen LogP contribution is -2.54. The molecule has 0 spiro atoms. The Bertz CT molecular complexity index is 850. The third-order valence-corrected chi connectivity index (χ3v) is 8.68. The van der Waals surface area contributed by atoms with Gasteiger partial charge in [-0.25, -0.2) is 0 Å². The number of ketones is 1. The van der Waals surface area contributed by atoms with Crippen molar-refractivity contribution in [1.82, 2.24) is 0 Å². The van der Waals surface area contributed by atoms with Crippen LogP contribution in [0.15, 0.2) is 23.3 Å². The van der Waals surface area contributed by atoms with Crippen LogP contribution in [0.3, 0.4) is 0 Å². The molecule has 1 unspecified atom stereocenters. The highest BCUT2D eigenvalue weighted by Gasteiger charge is 2.61. The number of carbonyl (C=O) groups excluding carboxylic acids is 3. The van der Waals surface area contributed by atoms with Gasteiger partial charge in [-0.05, 0) is 63.4 Å². The van der Waals surface area contributed by atoms with Crippen molar-refractivity contribution in [2.45, 2.75) is 79.2 Å². The number of carbonyl (C=O) groups is 3. The van der Waals surface area contributed by atoms with Gasteiger partial charge < -0.3 is 9.47 Å². The summed E-state index contributed by atoms with van der Waals surface area (Å²) in [6.45, 7) is 9.58. The summed E-state index contributed by atoms with van der Waals surface area (Å²) in [7, 11) is 0. The Labute approximate surface area is 179 Å². The number of fused-ring (bicyclic) bond motifs is 5. The van der Waals surface area contributed by atoms with E-state index < -0.39 is 5.41 Å². The lowest BCUT2D eigenvalue weighted by molar-refractivity contribution is -0.153. The molecule has 5 heteroatoms. The van der Waals surface area contributed by atoms with Gasteiger partial charge in [0.1, 0.15) is 18.5 Å². The largest absolute Gasteiger partial charge is 0.465 e. The predicted molar refractivity (Wildman–Crippen MR) is 112 cm³/mol. The molecule has 0 bridgehead atoms. The maximum Gasteiger partial charge on any atom is 0.302 e. The van der Waals surface area contributed by atoms with Crippen LogP contribution < -0.4 is 0 Å². The van der Waals surface area contributed by atoms with Crippen molar-refractivity contribution < 1.29 is 23.9 Å². The van der Waals surface area contributed by atoms with E-state index in [1.807, 2.05) is 13.8 Å². The molecule has 0 radical (unpaired) electrons. The van der Waals surface area contributed by atoms with Crippen LogP contribution in [-0.4, -0.2) is 30.4 Å².